The van der Waals surface area contributed by atoms with E-state index in [9.17, 15) is 9.59 Å². The van der Waals surface area contributed by atoms with Crippen molar-refractivity contribution in [3.63, 3.8) is 0 Å². The molecule has 2 aliphatic rings. The van der Waals surface area contributed by atoms with Crippen LogP contribution in [0.15, 0.2) is 35.7 Å². The van der Waals surface area contributed by atoms with Gasteiger partial charge in [0.25, 0.3) is 11.4 Å². The number of ether oxygens (including phenoxy) is 6. The van der Waals surface area contributed by atoms with Gasteiger partial charge in [0.15, 0.2) is 23.0 Å². The number of nitrogens with zero attached hydrogens (tertiary/aromatic N) is 2. The number of hydrogen-bond donors (Lipinski definition) is 0. The first kappa shape index (κ1) is 35.5. The molecule has 0 heterocycles. The molecule has 0 amide bonds. The second-order valence-electron chi connectivity index (χ2n) is 12.1. The van der Waals surface area contributed by atoms with Gasteiger partial charge >= 0.3 is 11.9 Å². The number of rotatable bonds is 8. The lowest BCUT2D eigenvalue weighted by molar-refractivity contribution is -0.138. The minimum absolute atomic E-state index is 0.0292. The van der Waals surface area contributed by atoms with E-state index in [2.05, 4.69) is 37.4 Å². The van der Waals surface area contributed by atoms with E-state index >= 15 is 0 Å². The Morgan fingerprint density at radius 1 is 0.674 bits per heavy atom. The molecule has 10 heteroatoms. The standard InChI is InChI=1S/C19H23NO4.C17H19NO4/c1-7-8-24-18(21)17(20-4)13-11-19(2,3)14-10-16(23-6)15(22-5)9-12(13)14;1-17(2)9-11(15(18-3)16(19)22-6)10-7-13(20-4)14(21-5)8-12(10)17/h9-10H,7-8,11H2,1-3,5-6H3;7-8H,9H2,1-2,4-6H3/b17-13-;15-11-. The third-order valence-corrected chi connectivity index (χ3v) is 8.20. The van der Waals surface area contributed by atoms with Gasteiger partial charge in [-0.15, -0.1) is 0 Å². The quantitative estimate of drug-likeness (QED) is 0.172. The third kappa shape index (κ3) is 6.82. The molecule has 0 fully saturated rings. The van der Waals surface area contributed by atoms with Gasteiger partial charge in [0.1, 0.15) is 0 Å². The van der Waals surface area contributed by atoms with Crippen LogP contribution >= 0.6 is 0 Å². The van der Waals surface area contributed by atoms with Crippen LogP contribution in [0.1, 0.15) is 76.1 Å². The predicted octanol–water partition coefficient (Wildman–Crippen LogP) is 7.16. The Morgan fingerprint density at radius 2 is 1.04 bits per heavy atom. The molecule has 0 spiro atoms. The van der Waals surface area contributed by atoms with Crippen LogP contribution in [0.3, 0.4) is 0 Å². The lowest BCUT2D eigenvalue weighted by Crippen LogP contribution is -2.12. The number of hydrogen-bond acceptors (Lipinski definition) is 8. The predicted molar refractivity (Wildman–Crippen MR) is 175 cm³/mol. The summed E-state index contributed by atoms with van der Waals surface area (Å²) in [4.78, 5) is 31.0. The summed E-state index contributed by atoms with van der Waals surface area (Å²) in [7, 11) is 7.59. The largest absolute Gasteiger partial charge is 0.493 e. The third-order valence-electron chi connectivity index (χ3n) is 8.20. The minimum atomic E-state index is -0.608. The number of carbonyl (C=O) groups is 2. The summed E-state index contributed by atoms with van der Waals surface area (Å²) in [5, 5.41) is 0. The molecule has 0 saturated heterocycles. The van der Waals surface area contributed by atoms with Crippen molar-refractivity contribution >= 4 is 23.1 Å². The van der Waals surface area contributed by atoms with Crippen molar-refractivity contribution in [2.75, 3.05) is 42.2 Å². The maximum Gasteiger partial charge on any atom is 0.336 e. The van der Waals surface area contributed by atoms with Crippen molar-refractivity contribution in [2.24, 2.45) is 0 Å². The molecule has 0 aliphatic heterocycles. The van der Waals surface area contributed by atoms with Gasteiger partial charge in [-0.1, -0.05) is 34.6 Å². The monoisotopic (exact) mass is 630 g/mol. The van der Waals surface area contributed by atoms with Crippen molar-refractivity contribution in [3.05, 3.63) is 80.7 Å². The molecular formula is C36H42N2O8. The van der Waals surface area contributed by atoms with Crippen molar-refractivity contribution < 1.29 is 38.0 Å². The Kier molecular flexibility index (Phi) is 11.1. The van der Waals surface area contributed by atoms with Gasteiger partial charge in [-0.2, -0.15) is 0 Å². The van der Waals surface area contributed by atoms with Crippen LogP contribution in [0.25, 0.3) is 20.8 Å². The first-order chi connectivity index (χ1) is 21.8. The molecule has 0 aromatic heterocycles. The van der Waals surface area contributed by atoms with Crippen LogP contribution in [0.4, 0.5) is 0 Å². The normalized spacial score (nSPS) is 17.0. The molecule has 2 aliphatic carbocycles. The molecule has 0 bridgehead atoms. The van der Waals surface area contributed by atoms with E-state index in [1.165, 1.54) is 7.11 Å². The molecule has 244 valence electrons. The van der Waals surface area contributed by atoms with E-state index in [-0.39, 0.29) is 22.2 Å². The summed E-state index contributed by atoms with van der Waals surface area (Å²) in [5.74, 6) is 1.27. The van der Waals surface area contributed by atoms with Gasteiger partial charge in [0, 0.05) is 0 Å². The Labute approximate surface area is 271 Å². The Hall–Kier alpha value is -4.96. The van der Waals surface area contributed by atoms with Gasteiger partial charge in [0.2, 0.25) is 0 Å². The van der Waals surface area contributed by atoms with Gasteiger partial charge in [0.05, 0.1) is 55.3 Å². The molecule has 0 radical (unpaired) electrons. The van der Waals surface area contributed by atoms with E-state index in [0.29, 0.717) is 53.6 Å². The average molecular weight is 631 g/mol. The van der Waals surface area contributed by atoms with Crippen LogP contribution in [0.5, 0.6) is 23.0 Å². The zero-order valence-corrected chi connectivity index (χ0v) is 28.3. The zero-order chi connectivity index (χ0) is 34.4. The number of carbonyl (C=O) groups excluding carboxylic acids is 2. The SMILES string of the molecule is [C-]#[N+]/C(C(=O)OC)=C1/CC(C)(C)c2cc(OC)c(OC)cc21.[C-]#[N+]/C(C(=O)OCCC)=C1/CC(C)(C)c2cc(OC)c(OC)cc21. The van der Waals surface area contributed by atoms with Crippen molar-refractivity contribution in [1.82, 2.24) is 0 Å². The number of allylic oxidation sites excluding steroid dienone is 2. The molecule has 46 heavy (non-hydrogen) atoms. The van der Waals surface area contributed by atoms with Gasteiger partial charge in [-0.3, -0.25) is 9.59 Å². The smallest absolute Gasteiger partial charge is 0.336 e. The van der Waals surface area contributed by atoms with Gasteiger partial charge in [-0.05, 0) is 87.8 Å². The summed E-state index contributed by atoms with van der Waals surface area (Å²) in [5.41, 5.74) is 4.87. The summed E-state index contributed by atoms with van der Waals surface area (Å²) in [6.07, 6.45) is 1.91. The Morgan fingerprint density at radius 3 is 1.37 bits per heavy atom. The van der Waals surface area contributed by atoms with E-state index in [1.807, 2.05) is 31.2 Å². The summed E-state index contributed by atoms with van der Waals surface area (Å²) >= 11 is 0. The molecule has 4 rings (SSSR count). The topological polar surface area (TPSA) is 98.2 Å². The molecular weight excluding hydrogens is 588 g/mol. The maximum absolute atomic E-state index is 12.3. The fraction of sp³-hybridized carbons (Fsp3) is 0.444. The lowest BCUT2D eigenvalue weighted by Gasteiger charge is -2.20. The number of fused-ring (bicyclic) bond motifs is 2. The van der Waals surface area contributed by atoms with E-state index in [4.69, 9.17) is 41.6 Å². The highest BCUT2D eigenvalue weighted by Crippen LogP contribution is 2.51. The fourth-order valence-corrected chi connectivity index (χ4v) is 5.90. The van der Waals surface area contributed by atoms with Crippen LogP contribution < -0.4 is 18.9 Å². The van der Waals surface area contributed by atoms with E-state index < -0.39 is 11.9 Å². The average Bonchev–Trinajstić information content (AvgIpc) is 3.46. The highest BCUT2D eigenvalue weighted by Gasteiger charge is 2.39. The number of benzene rings is 2. The van der Waals surface area contributed by atoms with Crippen LogP contribution in [-0.4, -0.2) is 54.1 Å². The van der Waals surface area contributed by atoms with Crippen LogP contribution in [-0.2, 0) is 29.9 Å². The van der Waals surface area contributed by atoms with Crippen LogP contribution in [0.2, 0.25) is 0 Å². The highest BCUT2D eigenvalue weighted by atomic mass is 16.5. The summed E-state index contributed by atoms with van der Waals surface area (Å²) < 4.78 is 31.4. The molecule has 10 nitrogen and oxygen atoms in total. The van der Waals surface area contributed by atoms with Crippen molar-refractivity contribution in [2.45, 2.75) is 64.7 Å². The van der Waals surface area contributed by atoms with Crippen molar-refractivity contribution in [3.8, 4) is 23.0 Å². The second-order valence-corrected chi connectivity index (χ2v) is 12.1. The Bertz CT molecular complexity index is 1670. The molecule has 0 N–H and O–H groups in total. The number of esters is 2. The van der Waals surface area contributed by atoms with E-state index in [1.54, 1.807) is 28.4 Å². The highest BCUT2D eigenvalue weighted by molar-refractivity contribution is 6.02. The first-order valence-electron chi connectivity index (χ1n) is 14.8. The molecule has 0 unspecified atom stereocenters. The second kappa shape index (κ2) is 14.4. The number of methoxy groups -OCH3 is 5. The molecule has 2 aromatic rings. The van der Waals surface area contributed by atoms with Gasteiger partial charge in [-0.25, -0.2) is 9.69 Å². The first-order valence-corrected chi connectivity index (χ1v) is 14.8. The fourth-order valence-electron chi connectivity index (χ4n) is 5.90. The molecule has 2 aromatic carbocycles. The van der Waals surface area contributed by atoms with Gasteiger partial charge < -0.3 is 28.4 Å². The summed E-state index contributed by atoms with van der Waals surface area (Å²) in [6.45, 7) is 25.3. The Balaban J connectivity index is 0.000000251. The molecule has 0 saturated carbocycles. The minimum Gasteiger partial charge on any atom is -0.493 e. The molecule has 0 atom stereocenters. The zero-order valence-electron chi connectivity index (χ0n) is 28.3. The lowest BCUT2D eigenvalue weighted by atomic mass is 9.86. The maximum atomic E-state index is 12.3. The summed E-state index contributed by atoms with van der Waals surface area (Å²) in [6, 6.07) is 7.52. The van der Waals surface area contributed by atoms with Crippen LogP contribution in [0, 0.1) is 13.1 Å². The van der Waals surface area contributed by atoms with E-state index in [0.717, 1.165) is 28.7 Å². The van der Waals surface area contributed by atoms with Crippen molar-refractivity contribution in [1.29, 1.82) is 0 Å².